The molecule has 0 unspecified atom stereocenters. The van der Waals surface area contributed by atoms with Crippen LogP contribution in [0.1, 0.15) is 41.6 Å². The number of nitrogens with one attached hydrogen (secondary N) is 1. The SMILES string of the molecule is CNc1sc2c(c1C=O)CCN(C(=O)OC(C)(C)C)C2. The minimum absolute atomic E-state index is 0.296. The second-order valence-corrected chi connectivity index (χ2v) is 6.87. The van der Waals surface area contributed by atoms with E-state index in [1.807, 2.05) is 20.8 Å². The van der Waals surface area contributed by atoms with Gasteiger partial charge in [-0.2, -0.15) is 0 Å². The summed E-state index contributed by atoms with van der Waals surface area (Å²) in [6.07, 6.45) is 1.29. The number of carbonyl (C=O) groups excluding carboxylic acids is 2. The lowest BCUT2D eigenvalue weighted by Gasteiger charge is -2.30. The zero-order valence-electron chi connectivity index (χ0n) is 12.3. The van der Waals surface area contributed by atoms with Crippen molar-refractivity contribution in [3.05, 3.63) is 16.0 Å². The van der Waals surface area contributed by atoms with E-state index in [-0.39, 0.29) is 6.09 Å². The van der Waals surface area contributed by atoms with Gasteiger partial charge in [0, 0.05) is 18.5 Å². The molecule has 110 valence electrons. The number of hydrogen-bond acceptors (Lipinski definition) is 5. The van der Waals surface area contributed by atoms with Crippen LogP contribution in [0.15, 0.2) is 0 Å². The molecule has 2 heterocycles. The largest absolute Gasteiger partial charge is 0.444 e. The summed E-state index contributed by atoms with van der Waals surface area (Å²) in [7, 11) is 1.80. The van der Waals surface area contributed by atoms with Gasteiger partial charge in [-0.15, -0.1) is 11.3 Å². The fraction of sp³-hybridized carbons (Fsp3) is 0.571. The van der Waals surface area contributed by atoms with Crippen molar-refractivity contribution in [2.24, 2.45) is 0 Å². The fourth-order valence-electron chi connectivity index (χ4n) is 2.22. The normalized spacial score (nSPS) is 14.7. The first kappa shape index (κ1) is 14.8. The van der Waals surface area contributed by atoms with Gasteiger partial charge in [0.1, 0.15) is 5.60 Å². The van der Waals surface area contributed by atoms with Crippen molar-refractivity contribution in [1.29, 1.82) is 0 Å². The highest BCUT2D eigenvalue weighted by Crippen LogP contribution is 2.36. The molecule has 5 nitrogen and oxygen atoms in total. The van der Waals surface area contributed by atoms with Gasteiger partial charge in [0.05, 0.1) is 17.1 Å². The molecular weight excluding hydrogens is 276 g/mol. The summed E-state index contributed by atoms with van der Waals surface area (Å²) < 4.78 is 5.39. The Bertz CT molecular complexity index is 531. The first-order chi connectivity index (χ1) is 9.35. The van der Waals surface area contributed by atoms with Gasteiger partial charge < -0.3 is 15.0 Å². The van der Waals surface area contributed by atoms with Crippen LogP contribution in [0, 0.1) is 0 Å². The smallest absolute Gasteiger partial charge is 0.410 e. The number of amides is 1. The highest BCUT2D eigenvalue weighted by Gasteiger charge is 2.29. The van der Waals surface area contributed by atoms with E-state index in [4.69, 9.17) is 4.74 Å². The average Bonchev–Trinajstić information content (AvgIpc) is 2.73. The van der Waals surface area contributed by atoms with Crippen molar-refractivity contribution in [2.45, 2.75) is 39.3 Å². The van der Waals surface area contributed by atoms with Crippen LogP contribution < -0.4 is 5.32 Å². The molecule has 0 fully saturated rings. The van der Waals surface area contributed by atoms with Crippen LogP contribution in [0.25, 0.3) is 0 Å². The Balaban J connectivity index is 2.17. The number of fused-ring (bicyclic) bond motifs is 1. The number of anilines is 1. The number of rotatable bonds is 2. The first-order valence-corrected chi connectivity index (χ1v) is 7.42. The third-order valence-electron chi connectivity index (χ3n) is 3.09. The standard InChI is InChI=1S/C14H20N2O3S/c1-14(2,3)19-13(18)16-6-5-9-10(8-17)12(15-4)20-11(9)7-16/h8,15H,5-7H2,1-4H3. The summed E-state index contributed by atoms with van der Waals surface area (Å²) >= 11 is 1.53. The summed E-state index contributed by atoms with van der Waals surface area (Å²) in [4.78, 5) is 26.0. The van der Waals surface area contributed by atoms with Gasteiger partial charge in [-0.3, -0.25) is 4.79 Å². The Morgan fingerprint density at radius 2 is 2.15 bits per heavy atom. The van der Waals surface area contributed by atoms with Crippen LogP contribution in [0.4, 0.5) is 9.80 Å². The van der Waals surface area contributed by atoms with E-state index in [1.54, 1.807) is 11.9 Å². The molecular formula is C14H20N2O3S. The lowest BCUT2D eigenvalue weighted by molar-refractivity contribution is 0.0226. The molecule has 1 aromatic heterocycles. The summed E-state index contributed by atoms with van der Waals surface area (Å²) in [5.41, 5.74) is 1.31. The molecule has 1 N–H and O–H groups in total. The van der Waals surface area contributed by atoms with E-state index in [0.717, 1.165) is 27.3 Å². The lowest BCUT2D eigenvalue weighted by Crippen LogP contribution is -2.39. The van der Waals surface area contributed by atoms with E-state index in [9.17, 15) is 9.59 Å². The molecule has 0 aromatic carbocycles. The molecule has 0 saturated carbocycles. The molecule has 0 bridgehead atoms. The number of hydrogen-bond donors (Lipinski definition) is 1. The van der Waals surface area contributed by atoms with Crippen LogP contribution in [0.5, 0.6) is 0 Å². The van der Waals surface area contributed by atoms with E-state index in [1.165, 1.54) is 11.3 Å². The van der Waals surface area contributed by atoms with Crippen molar-refractivity contribution in [2.75, 3.05) is 18.9 Å². The number of nitrogens with zero attached hydrogens (tertiary/aromatic N) is 1. The van der Waals surface area contributed by atoms with Crippen molar-refractivity contribution in [3.8, 4) is 0 Å². The summed E-state index contributed by atoms with van der Waals surface area (Å²) in [5.74, 6) is 0. The first-order valence-electron chi connectivity index (χ1n) is 6.61. The third-order valence-corrected chi connectivity index (χ3v) is 4.34. The zero-order valence-corrected chi connectivity index (χ0v) is 13.1. The zero-order chi connectivity index (χ0) is 14.9. The van der Waals surface area contributed by atoms with Crippen molar-refractivity contribution >= 4 is 28.7 Å². The molecule has 1 amide bonds. The Morgan fingerprint density at radius 3 is 2.70 bits per heavy atom. The van der Waals surface area contributed by atoms with Crippen molar-refractivity contribution in [1.82, 2.24) is 4.90 Å². The molecule has 0 atom stereocenters. The number of aldehydes is 1. The van der Waals surface area contributed by atoms with Gasteiger partial charge in [-0.1, -0.05) is 0 Å². The molecule has 0 spiro atoms. The Labute approximate surface area is 122 Å². The number of carbonyl (C=O) groups is 2. The highest BCUT2D eigenvalue weighted by molar-refractivity contribution is 7.16. The molecule has 20 heavy (non-hydrogen) atoms. The van der Waals surface area contributed by atoms with Gasteiger partial charge >= 0.3 is 6.09 Å². The summed E-state index contributed by atoms with van der Waals surface area (Å²) in [6, 6.07) is 0. The molecule has 1 aromatic rings. The van der Waals surface area contributed by atoms with E-state index < -0.39 is 5.60 Å². The van der Waals surface area contributed by atoms with Gasteiger partial charge in [0.25, 0.3) is 0 Å². The van der Waals surface area contributed by atoms with Gasteiger partial charge in [-0.05, 0) is 32.8 Å². The van der Waals surface area contributed by atoms with Crippen LogP contribution in [0.2, 0.25) is 0 Å². The summed E-state index contributed by atoms with van der Waals surface area (Å²) in [6.45, 7) is 6.67. The van der Waals surface area contributed by atoms with Crippen LogP contribution in [0.3, 0.4) is 0 Å². The average molecular weight is 296 g/mol. The predicted molar refractivity (Wildman–Crippen MR) is 79.6 cm³/mol. The van der Waals surface area contributed by atoms with Crippen molar-refractivity contribution < 1.29 is 14.3 Å². The highest BCUT2D eigenvalue weighted by atomic mass is 32.1. The third kappa shape index (κ3) is 2.95. The predicted octanol–water partition coefficient (Wildman–Crippen LogP) is 2.90. The van der Waals surface area contributed by atoms with Crippen LogP contribution in [-0.4, -0.2) is 36.5 Å². The second-order valence-electron chi connectivity index (χ2n) is 5.77. The fourth-order valence-corrected chi connectivity index (χ4v) is 3.41. The van der Waals surface area contributed by atoms with Crippen molar-refractivity contribution in [3.63, 3.8) is 0 Å². The monoisotopic (exact) mass is 296 g/mol. The van der Waals surface area contributed by atoms with Gasteiger partial charge in [0.15, 0.2) is 6.29 Å². The maximum Gasteiger partial charge on any atom is 0.410 e. The Morgan fingerprint density at radius 1 is 1.45 bits per heavy atom. The van der Waals surface area contributed by atoms with Gasteiger partial charge in [0.2, 0.25) is 0 Å². The molecule has 1 aliphatic heterocycles. The van der Waals surface area contributed by atoms with E-state index in [0.29, 0.717) is 19.5 Å². The number of thiophene rings is 1. The molecule has 6 heteroatoms. The van der Waals surface area contributed by atoms with Crippen LogP contribution in [-0.2, 0) is 17.7 Å². The second kappa shape index (κ2) is 5.44. The maximum atomic E-state index is 12.1. The molecule has 0 saturated heterocycles. The molecule has 1 aliphatic rings. The number of ether oxygens (including phenoxy) is 1. The molecule has 2 rings (SSSR count). The Kier molecular flexibility index (Phi) is 4.04. The minimum atomic E-state index is -0.489. The Hall–Kier alpha value is -1.56. The topological polar surface area (TPSA) is 58.6 Å². The minimum Gasteiger partial charge on any atom is -0.444 e. The van der Waals surface area contributed by atoms with E-state index >= 15 is 0 Å². The van der Waals surface area contributed by atoms with Gasteiger partial charge in [-0.25, -0.2) is 4.79 Å². The molecule has 0 radical (unpaired) electrons. The lowest BCUT2D eigenvalue weighted by atomic mass is 10.0. The summed E-state index contributed by atoms with van der Waals surface area (Å²) in [5, 5.41) is 3.91. The van der Waals surface area contributed by atoms with E-state index in [2.05, 4.69) is 5.32 Å². The quantitative estimate of drug-likeness (QED) is 0.853. The maximum absolute atomic E-state index is 12.1. The molecule has 0 aliphatic carbocycles. The van der Waals surface area contributed by atoms with Crippen LogP contribution >= 0.6 is 11.3 Å².